The summed E-state index contributed by atoms with van der Waals surface area (Å²) in [7, 11) is 0. The van der Waals surface area contributed by atoms with Gasteiger partial charge in [0.15, 0.2) is 5.82 Å². The number of aromatic nitrogens is 3. The summed E-state index contributed by atoms with van der Waals surface area (Å²) < 4.78 is 1.10. The Labute approximate surface area is 131 Å². The Kier molecular flexibility index (Phi) is 4.72. The second-order valence-electron chi connectivity index (χ2n) is 4.53. The molecule has 0 aliphatic heterocycles. The summed E-state index contributed by atoms with van der Waals surface area (Å²) in [5.41, 5.74) is 1.94. The average molecular weight is 388 g/mol. The molecule has 2 heterocycles. The van der Waals surface area contributed by atoms with Crippen LogP contribution < -0.4 is 5.32 Å². The smallest absolute Gasteiger partial charge is 0.181 e. The lowest BCUT2D eigenvalue weighted by molar-refractivity contribution is 0.807. The van der Waals surface area contributed by atoms with Crippen LogP contribution in [0.3, 0.4) is 0 Å². The van der Waals surface area contributed by atoms with E-state index < -0.39 is 0 Å². The van der Waals surface area contributed by atoms with E-state index in [1.807, 2.05) is 12.3 Å². The fourth-order valence-electron chi connectivity index (χ4n) is 1.71. The Hall–Kier alpha value is -0.760. The molecule has 6 heteroatoms. The van der Waals surface area contributed by atoms with Gasteiger partial charge in [0.1, 0.15) is 11.5 Å². The Balaban J connectivity index is 2.55. The Morgan fingerprint density at radius 1 is 1.32 bits per heavy atom. The van der Waals surface area contributed by atoms with Crippen LogP contribution >= 0.6 is 33.9 Å². The molecule has 0 aliphatic rings. The van der Waals surface area contributed by atoms with E-state index in [-0.39, 0.29) is 0 Å². The molecule has 0 radical (unpaired) electrons. The lowest BCUT2D eigenvalue weighted by Gasteiger charge is -2.13. The van der Waals surface area contributed by atoms with Gasteiger partial charge in [0.05, 0.1) is 14.3 Å². The third-order valence-electron chi connectivity index (χ3n) is 2.62. The SMILES string of the molecule is CCNc1nc(-c2csc(C)n2)nc(C(C)C)c1I. The van der Waals surface area contributed by atoms with Gasteiger partial charge in [0, 0.05) is 11.9 Å². The molecule has 0 atom stereocenters. The normalized spacial score (nSPS) is 11.1. The van der Waals surface area contributed by atoms with Crippen molar-refractivity contribution < 1.29 is 0 Å². The average Bonchev–Trinajstić information content (AvgIpc) is 2.78. The number of hydrogen-bond acceptors (Lipinski definition) is 5. The van der Waals surface area contributed by atoms with Gasteiger partial charge in [-0.05, 0) is 42.4 Å². The first-order chi connectivity index (χ1) is 9.02. The maximum atomic E-state index is 4.68. The van der Waals surface area contributed by atoms with E-state index in [0.717, 1.165) is 32.3 Å². The minimum Gasteiger partial charge on any atom is -0.369 e. The molecule has 2 aromatic rings. The van der Waals surface area contributed by atoms with Crippen LogP contribution in [0, 0.1) is 10.5 Å². The van der Waals surface area contributed by atoms with E-state index in [4.69, 9.17) is 0 Å². The van der Waals surface area contributed by atoms with Crippen LogP contribution in [0.2, 0.25) is 0 Å². The lowest BCUT2D eigenvalue weighted by atomic mass is 10.1. The van der Waals surface area contributed by atoms with Crippen LogP contribution in [0.1, 0.15) is 37.4 Å². The largest absolute Gasteiger partial charge is 0.369 e. The molecule has 0 fully saturated rings. The first kappa shape index (κ1) is 14.6. The number of thiazole rings is 1. The number of anilines is 1. The van der Waals surface area contributed by atoms with Gasteiger partial charge in [0.2, 0.25) is 0 Å². The van der Waals surface area contributed by atoms with E-state index in [1.54, 1.807) is 11.3 Å². The van der Waals surface area contributed by atoms with Gasteiger partial charge in [0.25, 0.3) is 0 Å². The van der Waals surface area contributed by atoms with Crippen LogP contribution in [0.5, 0.6) is 0 Å². The molecule has 0 saturated heterocycles. The highest BCUT2D eigenvalue weighted by Gasteiger charge is 2.16. The molecule has 2 aromatic heterocycles. The van der Waals surface area contributed by atoms with Gasteiger partial charge in [-0.2, -0.15) is 0 Å². The van der Waals surface area contributed by atoms with Crippen molar-refractivity contribution in [3.63, 3.8) is 0 Å². The second kappa shape index (κ2) is 6.13. The highest BCUT2D eigenvalue weighted by Crippen LogP contribution is 2.28. The van der Waals surface area contributed by atoms with Gasteiger partial charge in [-0.1, -0.05) is 13.8 Å². The van der Waals surface area contributed by atoms with E-state index in [0.29, 0.717) is 11.7 Å². The van der Waals surface area contributed by atoms with E-state index >= 15 is 0 Å². The van der Waals surface area contributed by atoms with E-state index in [9.17, 15) is 0 Å². The molecule has 102 valence electrons. The summed E-state index contributed by atoms with van der Waals surface area (Å²) in [6.45, 7) is 9.21. The molecule has 0 aromatic carbocycles. The highest BCUT2D eigenvalue weighted by molar-refractivity contribution is 14.1. The molecule has 0 unspecified atom stereocenters. The zero-order valence-corrected chi connectivity index (χ0v) is 14.5. The minimum atomic E-state index is 0.366. The molecule has 1 N–H and O–H groups in total. The summed E-state index contributed by atoms with van der Waals surface area (Å²) in [6.07, 6.45) is 0. The number of aryl methyl sites for hydroxylation is 1. The van der Waals surface area contributed by atoms with Crippen molar-refractivity contribution in [1.82, 2.24) is 15.0 Å². The first-order valence-corrected chi connectivity index (χ1v) is 8.22. The summed E-state index contributed by atoms with van der Waals surface area (Å²) in [4.78, 5) is 13.8. The quantitative estimate of drug-likeness (QED) is 0.803. The van der Waals surface area contributed by atoms with Gasteiger partial charge in [-0.15, -0.1) is 11.3 Å². The predicted molar refractivity (Wildman–Crippen MR) is 88.8 cm³/mol. The van der Waals surface area contributed by atoms with E-state index in [1.165, 1.54) is 0 Å². The zero-order valence-electron chi connectivity index (χ0n) is 11.5. The van der Waals surface area contributed by atoms with Gasteiger partial charge < -0.3 is 5.32 Å². The second-order valence-corrected chi connectivity index (χ2v) is 6.67. The van der Waals surface area contributed by atoms with Crippen molar-refractivity contribution in [3.05, 3.63) is 19.7 Å². The van der Waals surface area contributed by atoms with Gasteiger partial charge in [-0.25, -0.2) is 15.0 Å². The van der Waals surface area contributed by atoms with E-state index in [2.05, 4.69) is 63.6 Å². The molecule has 4 nitrogen and oxygen atoms in total. The third-order valence-corrected chi connectivity index (χ3v) is 4.45. The minimum absolute atomic E-state index is 0.366. The molecular weight excluding hydrogens is 371 g/mol. The van der Waals surface area contributed by atoms with Crippen molar-refractivity contribution in [1.29, 1.82) is 0 Å². The van der Waals surface area contributed by atoms with Crippen molar-refractivity contribution in [2.24, 2.45) is 0 Å². The summed E-state index contributed by atoms with van der Waals surface area (Å²) in [5.74, 6) is 1.98. The first-order valence-electron chi connectivity index (χ1n) is 6.26. The Morgan fingerprint density at radius 2 is 2.05 bits per heavy atom. The maximum absolute atomic E-state index is 4.68. The molecule has 0 amide bonds. The molecular formula is C13H17IN4S. The number of halogens is 1. The molecule has 0 aliphatic carbocycles. The summed E-state index contributed by atoms with van der Waals surface area (Å²) in [5, 5.41) is 6.35. The number of hydrogen-bond donors (Lipinski definition) is 1. The van der Waals surface area contributed by atoms with Gasteiger partial charge in [-0.3, -0.25) is 0 Å². The van der Waals surface area contributed by atoms with Crippen molar-refractivity contribution >= 4 is 39.7 Å². The topological polar surface area (TPSA) is 50.7 Å². The Morgan fingerprint density at radius 3 is 2.58 bits per heavy atom. The zero-order chi connectivity index (χ0) is 14.0. The monoisotopic (exact) mass is 388 g/mol. The standard InChI is InChI=1S/C13H17IN4S/c1-5-15-13-10(14)11(7(2)3)17-12(18-13)9-6-19-8(4)16-9/h6-7H,5H2,1-4H3,(H,15,17,18). The highest BCUT2D eigenvalue weighted by atomic mass is 127. The molecule has 0 bridgehead atoms. The fourth-order valence-corrected chi connectivity index (χ4v) is 3.36. The number of nitrogens with zero attached hydrogens (tertiary/aromatic N) is 3. The van der Waals surface area contributed by atoms with Crippen molar-refractivity contribution in [3.8, 4) is 11.5 Å². The van der Waals surface area contributed by atoms with Crippen LogP contribution in [-0.2, 0) is 0 Å². The molecule has 2 rings (SSSR count). The Bertz CT molecular complexity index is 580. The summed E-state index contributed by atoms with van der Waals surface area (Å²) in [6, 6.07) is 0. The van der Waals surface area contributed by atoms with Crippen LogP contribution in [-0.4, -0.2) is 21.5 Å². The number of nitrogens with one attached hydrogen (secondary N) is 1. The fraction of sp³-hybridized carbons (Fsp3) is 0.462. The molecule has 0 spiro atoms. The lowest BCUT2D eigenvalue weighted by Crippen LogP contribution is -2.09. The van der Waals surface area contributed by atoms with Crippen LogP contribution in [0.15, 0.2) is 5.38 Å². The van der Waals surface area contributed by atoms with Crippen LogP contribution in [0.25, 0.3) is 11.5 Å². The molecule has 0 saturated carbocycles. The number of rotatable bonds is 4. The van der Waals surface area contributed by atoms with Gasteiger partial charge >= 0.3 is 0 Å². The summed E-state index contributed by atoms with van der Waals surface area (Å²) >= 11 is 3.94. The molecule has 19 heavy (non-hydrogen) atoms. The van der Waals surface area contributed by atoms with Crippen molar-refractivity contribution in [2.75, 3.05) is 11.9 Å². The third kappa shape index (κ3) is 3.22. The van der Waals surface area contributed by atoms with Crippen LogP contribution in [0.4, 0.5) is 5.82 Å². The maximum Gasteiger partial charge on any atom is 0.181 e. The van der Waals surface area contributed by atoms with Crippen molar-refractivity contribution in [2.45, 2.75) is 33.6 Å². The predicted octanol–water partition coefficient (Wildman–Crippen LogP) is 4.07.